The van der Waals surface area contributed by atoms with Crippen molar-refractivity contribution in [2.45, 2.75) is 239 Å². The molecule has 0 spiro atoms. The maximum Gasteiger partial charge on any atom is 0.508 e. The SMILES string of the molecule is CCCC[P+](CCCC)(CCCC)CCCNC(=O)c1ccc(C(C)COC(=O)O[C@@H]2C(O[Si](C(C)C)(C(C)C)C(C)C)[C@H](C)O[C@@H]2COP(C)(=O)O[C@@H]2C(O[Si](C)(C)C(C)(C)C)CO[C@@H]2CC)c([N+](=O)[O-])c1. The van der Waals surface area contributed by atoms with Crippen molar-refractivity contribution >= 4 is 49.2 Å². The van der Waals surface area contributed by atoms with Crippen LogP contribution in [0.25, 0.3) is 0 Å². The first kappa shape index (κ1) is 65.5. The van der Waals surface area contributed by atoms with Gasteiger partial charge in [-0.25, -0.2) is 4.79 Å². The molecule has 1 N–H and O–H groups in total. The van der Waals surface area contributed by atoms with Crippen LogP contribution >= 0.6 is 14.9 Å². The van der Waals surface area contributed by atoms with E-state index in [4.69, 9.17) is 36.8 Å². The first-order valence-electron chi connectivity index (χ1n) is 27.8. The summed E-state index contributed by atoms with van der Waals surface area (Å²) in [4.78, 5) is 39.3. The monoisotopic (exact) mass is 1100 g/mol. The van der Waals surface area contributed by atoms with Crippen LogP contribution in [-0.2, 0) is 41.4 Å². The van der Waals surface area contributed by atoms with Gasteiger partial charge in [-0.15, -0.1) is 0 Å². The van der Waals surface area contributed by atoms with Gasteiger partial charge >= 0.3 is 13.8 Å². The van der Waals surface area contributed by atoms with Gasteiger partial charge in [-0.3, -0.25) is 24.0 Å². The molecule has 0 radical (unpaired) electrons. The summed E-state index contributed by atoms with van der Waals surface area (Å²) in [6, 6.07) is 4.46. The third kappa shape index (κ3) is 18.1. The minimum Gasteiger partial charge on any atom is -0.434 e. The maximum absolute atomic E-state index is 14.3. The fraction of sp³-hybridized carbons (Fsp3) is 0.852. The zero-order chi connectivity index (χ0) is 55.1. The second kappa shape index (κ2) is 29.3. The molecule has 73 heavy (non-hydrogen) atoms. The Morgan fingerprint density at radius 1 is 0.863 bits per heavy atom. The highest BCUT2D eigenvalue weighted by molar-refractivity contribution is 7.75. The molecule has 15 nitrogen and oxygen atoms in total. The van der Waals surface area contributed by atoms with E-state index in [1.54, 1.807) is 19.1 Å². The van der Waals surface area contributed by atoms with Crippen LogP contribution in [0.15, 0.2) is 18.2 Å². The van der Waals surface area contributed by atoms with Crippen LogP contribution in [-0.4, -0.2) is 134 Å². The number of unbranched alkanes of at least 4 members (excludes halogenated alkanes) is 3. The molecular formula is C54H101N2O13P2Si2+. The molecule has 0 saturated carbocycles. The molecule has 2 aliphatic heterocycles. The van der Waals surface area contributed by atoms with Gasteiger partial charge in [0.25, 0.3) is 11.6 Å². The molecule has 2 saturated heterocycles. The second-order valence-electron chi connectivity index (χ2n) is 23.6. The average Bonchev–Trinajstić information content (AvgIpc) is 3.82. The van der Waals surface area contributed by atoms with Gasteiger partial charge in [-0.05, 0) is 79.9 Å². The lowest BCUT2D eigenvalue weighted by Gasteiger charge is -2.45. The first-order chi connectivity index (χ1) is 34.0. The van der Waals surface area contributed by atoms with E-state index in [1.807, 2.05) is 13.8 Å². The topological polar surface area (TPSA) is 180 Å². The Bertz CT molecular complexity index is 1890. The van der Waals surface area contributed by atoms with E-state index in [1.165, 1.54) is 69.7 Å². The molecule has 422 valence electrons. The van der Waals surface area contributed by atoms with Gasteiger partial charge in [0.2, 0.25) is 8.32 Å². The van der Waals surface area contributed by atoms with E-state index in [0.717, 1.165) is 12.6 Å². The van der Waals surface area contributed by atoms with Gasteiger partial charge in [0, 0.05) is 43.6 Å². The van der Waals surface area contributed by atoms with Crippen LogP contribution in [0.2, 0.25) is 34.8 Å². The molecular weight excluding hydrogens is 1000 g/mol. The number of nitrogens with zero attached hydrogens (tertiary/aromatic N) is 1. The Labute approximate surface area is 444 Å². The summed E-state index contributed by atoms with van der Waals surface area (Å²) in [6.07, 6.45) is 8.31. The van der Waals surface area contributed by atoms with Crippen LogP contribution in [0, 0.1) is 10.1 Å². The number of nitrogens with one attached hydrogen (secondary N) is 1. The molecule has 0 bridgehead atoms. The minimum atomic E-state index is -3.79. The number of carbonyl (C=O) groups excluding carboxylic acids is 2. The summed E-state index contributed by atoms with van der Waals surface area (Å²) in [5.41, 5.74) is 0.890. The number of rotatable bonds is 32. The standard InChI is InChI=1S/C54H100N2O13P2Si2/c1-19-23-30-71(31-24-20-2,32-25-21-3)33-26-29-55-52(57)43-27-28-44(45(34-43)56(59)60)41(11)35-63-53(58)66-51-47(65-42(12)49(51)69-73(38(5)6,39(7)8)40(9)10)37-64-70(16,61)67-50-46(22-4)62-36-48(50)68-72(17,18)54(13,14)15/h27-28,34,38-42,46-51H,19-26,29-33,35-37H2,1-18H3/p+1/t41?,42-,46+,47+,48?,49?,50-,51-,70?/m0/s1. The van der Waals surface area contributed by atoms with E-state index >= 15 is 0 Å². The van der Waals surface area contributed by atoms with Crippen molar-refractivity contribution < 1.29 is 55.9 Å². The van der Waals surface area contributed by atoms with Crippen molar-refractivity contribution in [3.63, 3.8) is 0 Å². The van der Waals surface area contributed by atoms with Gasteiger partial charge < -0.3 is 37.6 Å². The predicted molar refractivity (Wildman–Crippen MR) is 303 cm³/mol. The summed E-state index contributed by atoms with van der Waals surface area (Å²) in [6.45, 7) is 37.9. The zero-order valence-electron chi connectivity index (χ0n) is 48.5. The van der Waals surface area contributed by atoms with Gasteiger partial charge in [-0.1, -0.05) is 122 Å². The minimum absolute atomic E-state index is 0.0640. The molecule has 1 aromatic rings. The Kier molecular flexibility index (Phi) is 26.3. The lowest BCUT2D eigenvalue weighted by Crippen LogP contribution is -2.54. The lowest BCUT2D eigenvalue weighted by atomic mass is 9.98. The van der Waals surface area contributed by atoms with E-state index in [-0.39, 0.29) is 58.1 Å². The number of nitro benzene ring substituents is 1. The molecule has 2 fully saturated rings. The van der Waals surface area contributed by atoms with E-state index < -0.39 is 85.1 Å². The predicted octanol–water partition coefficient (Wildman–Crippen LogP) is 14.5. The Morgan fingerprint density at radius 2 is 1.42 bits per heavy atom. The van der Waals surface area contributed by atoms with E-state index in [0.29, 0.717) is 25.1 Å². The van der Waals surface area contributed by atoms with Crippen LogP contribution in [0.5, 0.6) is 0 Å². The molecule has 0 aromatic heterocycles. The number of hydrogen-bond acceptors (Lipinski definition) is 13. The van der Waals surface area contributed by atoms with Gasteiger partial charge in [-0.2, -0.15) is 0 Å². The smallest absolute Gasteiger partial charge is 0.434 e. The summed E-state index contributed by atoms with van der Waals surface area (Å²) in [5.74, 6) is -0.989. The molecule has 19 heteroatoms. The highest BCUT2D eigenvalue weighted by Crippen LogP contribution is 2.61. The molecule has 2 heterocycles. The first-order valence-corrected chi connectivity index (χ1v) is 37.4. The highest BCUT2D eigenvalue weighted by Gasteiger charge is 2.55. The summed E-state index contributed by atoms with van der Waals surface area (Å²) in [7, 11) is -9.74. The largest absolute Gasteiger partial charge is 0.508 e. The molecule has 2 aliphatic rings. The van der Waals surface area contributed by atoms with Crippen molar-refractivity contribution in [3.05, 3.63) is 39.4 Å². The van der Waals surface area contributed by atoms with Gasteiger partial charge in [0.1, 0.15) is 24.9 Å². The second-order valence-corrected chi connectivity index (χ2v) is 40.2. The van der Waals surface area contributed by atoms with Gasteiger partial charge in [0.15, 0.2) is 14.4 Å². The van der Waals surface area contributed by atoms with Crippen LogP contribution in [0.3, 0.4) is 0 Å². The number of amides is 1. The Balaban J connectivity index is 1.80. The summed E-state index contributed by atoms with van der Waals surface area (Å²) >= 11 is 0. The molecule has 0 aliphatic carbocycles. The van der Waals surface area contributed by atoms with Crippen molar-refractivity contribution in [2.24, 2.45) is 0 Å². The molecule has 1 amide bonds. The fourth-order valence-electron chi connectivity index (χ4n) is 10.8. The van der Waals surface area contributed by atoms with Crippen LogP contribution in [0.1, 0.15) is 177 Å². The fourth-order valence-corrected chi connectivity index (χ4v) is 24.1. The lowest BCUT2D eigenvalue weighted by molar-refractivity contribution is -0.385. The highest BCUT2D eigenvalue weighted by atomic mass is 31.2. The normalized spacial score (nSPS) is 23.3. The number of nitro groups is 1. The summed E-state index contributed by atoms with van der Waals surface area (Å²) in [5, 5.41) is 15.5. The van der Waals surface area contributed by atoms with Crippen LogP contribution in [0.4, 0.5) is 10.5 Å². The van der Waals surface area contributed by atoms with Crippen molar-refractivity contribution in [1.29, 1.82) is 0 Å². The maximum atomic E-state index is 14.3. The van der Waals surface area contributed by atoms with Crippen LogP contribution < -0.4 is 5.32 Å². The molecule has 1 aromatic carbocycles. The number of hydrogen-bond donors (Lipinski definition) is 1. The third-order valence-electron chi connectivity index (χ3n) is 16.0. The van der Waals surface area contributed by atoms with E-state index in [2.05, 4.69) is 101 Å². The number of carbonyl (C=O) groups is 2. The zero-order valence-corrected chi connectivity index (χ0v) is 52.3. The van der Waals surface area contributed by atoms with Crippen molar-refractivity contribution in [1.82, 2.24) is 5.32 Å². The van der Waals surface area contributed by atoms with Crippen molar-refractivity contribution in [3.8, 4) is 0 Å². The van der Waals surface area contributed by atoms with Crippen molar-refractivity contribution in [2.75, 3.05) is 57.7 Å². The number of ether oxygens (including phenoxy) is 4. The average molecular weight is 1100 g/mol. The third-order valence-corrected chi connectivity index (χ3v) is 32.9. The Hall–Kier alpha value is -1.79. The van der Waals surface area contributed by atoms with E-state index in [9.17, 15) is 24.3 Å². The quantitative estimate of drug-likeness (QED) is 0.0180. The Morgan fingerprint density at radius 3 is 1.93 bits per heavy atom. The molecule has 3 rings (SSSR count). The summed E-state index contributed by atoms with van der Waals surface area (Å²) < 4.78 is 65.2. The molecule has 4 unspecified atom stereocenters. The van der Waals surface area contributed by atoms with Gasteiger partial charge in [0.05, 0.1) is 61.1 Å². The number of benzene rings is 1. The molecule has 9 atom stereocenters.